The van der Waals surface area contributed by atoms with Gasteiger partial charge in [-0.1, -0.05) is 61.3 Å². The first-order valence-electron chi connectivity index (χ1n) is 10.2. The molecule has 2 N–H and O–H groups in total. The Morgan fingerprint density at radius 2 is 1.97 bits per heavy atom. The van der Waals surface area contributed by atoms with E-state index in [1.54, 1.807) is 24.3 Å². The molecule has 0 radical (unpaired) electrons. The Bertz CT molecular complexity index is 1210. The Morgan fingerprint density at radius 1 is 1.22 bits per heavy atom. The molecule has 4 rings (SSSR count). The van der Waals surface area contributed by atoms with Crippen molar-refractivity contribution in [3.63, 3.8) is 0 Å². The summed E-state index contributed by atoms with van der Waals surface area (Å²) in [7, 11) is 0. The van der Waals surface area contributed by atoms with Crippen LogP contribution in [0.15, 0.2) is 65.3 Å². The van der Waals surface area contributed by atoms with E-state index in [-0.39, 0.29) is 29.3 Å². The van der Waals surface area contributed by atoms with E-state index in [4.69, 9.17) is 38.4 Å². The summed E-state index contributed by atoms with van der Waals surface area (Å²) >= 11 is 12.3. The molecular formula is C25H22Cl2N2O3. The zero-order valence-corrected chi connectivity index (χ0v) is 19.3. The van der Waals surface area contributed by atoms with E-state index in [1.165, 1.54) is 0 Å². The van der Waals surface area contributed by atoms with Crippen molar-refractivity contribution in [3.05, 3.63) is 86.4 Å². The second kappa shape index (κ2) is 8.54. The number of rotatable bonds is 4. The van der Waals surface area contributed by atoms with Gasteiger partial charge in [-0.3, -0.25) is 4.79 Å². The molecule has 1 heterocycles. The van der Waals surface area contributed by atoms with Crippen molar-refractivity contribution < 1.29 is 14.3 Å². The molecule has 1 aliphatic carbocycles. The van der Waals surface area contributed by atoms with Crippen LogP contribution in [0.4, 0.5) is 0 Å². The average molecular weight is 469 g/mol. The minimum Gasteiger partial charge on any atom is -0.489 e. The van der Waals surface area contributed by atoms with Gasteiger partial charge < -0.3 is 15.2 Å². The van der Waals surface area contributed by atoms with E-state index in [9.17, 15) is 10.1 Å². The highest BCUT2D eigenvalue weighted by Crippen LogP contribution is 2.49. The molecule has 0 saturated heterocycles. The number of carbonyl (C=O) groups excluding carboxylic acids is 1. The molecule has 1 aliphatic heterocycles. The molecule has 0 bridgehead atoms. The summed E-state index contributed by atoms with van der Waals surface area (Å²) in [6, 6.07) is 14.7. The molecule has 0 amide bonds. The summed E-state index contributed by atoms with van der Waals surface area (Å²) < 4.78 is 11.9. The van der Waals surface area contributed by atoms with Crippen LogP contribution >= 0.6 is 23.2 Å². The molecular weight excluding hydrogens is 447 g/mol. The second-order valence-corrected chi connectivity index (χ2v) is 9.61. The standard InChI is InChI=1S/C25H22Cl2N2O3/c1-25(2)10-19(30)23-21(11-25)32-24(29)17(12-28)22(23)16-5-3-4-6-20(16)31-13-14-7-8-15(26)9-18(14)27/h3-9,22H,10-11,13,29H2,1-2H3/t22-/m1/s1. The maximum absolute atomic E-state index is 13.2. The van der Waals surface area contributed by atoms with Crippen LogP contribution in [0.1, 0.15) is 43.7 Å². The van der Waals surface area contributed by atoms with Crippen LogP contribution in [0.3, 0.4) is 0 Å². The molecule has 1 atom stereocenters. The molecule has 0 spiro atoms. The molecule has 0 saturated carbocycles. The van der Waals surface area contributed by atoms with Crippen LogP contribution in [0.2, 0.25) is 10.0 Å². The lowest BCUT2D eigenvalue weighted by atomic mass is 9.70. The Morgan fingerprint density at radius 3 is 2.69 bits per heavy atom. The predicted molar refractivity (Wildman–Crippen MR) is 123 cm³/mol. The molecule has 7 heteroatoms. The van der Waals surface area contributed by atoms with E-state index < -0.39 is 5.92 Å². The number of benzene rings is 2. The van der Waals surface area contributed by atoms with Gasteiger partial charge in [0.15, 0.2) is 5.78 Å². The van der Waals surface area contributed by atoms with E-state index in [1.807, 2.05) is 32.0 Å². The SMILES string of the molecule is CC1(C)CC(=O)C2=C(C1)OC(N)=C(C#N)[C@H]2c1ccccc1OCc1ccc(Cl)cc1Cl. The fourth-order valence-electron chi connectivity index (χ4n) is 4.24. The van der Waals surface area contributed by atoms with Crippen molar-refractivity contribution >= 4 is 29.0 Å². The fourth-order valence-corrected chi connectivity index (χ4v) is 4.70. The lowest BCUT2D eigenvalue weighted by Gasteiger charge is -2.37. The van der Waals surface area contributed by atoms with E-state index in [0.29, 0.717) is 45.5 Å². The zero-order chi connectivity index (χ0) is 23.0. The van der Waals surface area contributed by atoms with Crippen molar-refractivity contribution in [1.29, 1.82) is 5.26 Å². The van der Waals surface area contributed by atoms with Gasteiger partial charge >= 0.3 is 0 Å². The van der Waals surface area contributed by atoms with Gasteiger partial charge in [0, 0.05) is 39.6 Å². The third kappa shape index (κ3) is 4.21. The first-order valence-corrected chi connectivity index (χ1v) is 11.0. The van der Waals surface area contributed by atoms with Gasteiger partial charge in [0.2, 0.25) is 5.88 Å². The topological polar surface area (TPSA) is 85.3 Å². The average Bonchev–Trinajstić information content (AvgIpc) is 2.71. The maximum atomic E-state index is 13.2. The highest BCUT2D eigenvalue weighted by Gasteiger charge is 2.43. The van der Waals surface area contributed by atoms with Gasteiger partial charge in [-0.05, 0) is 23.6 Å². The molecule has 2 aromatic carbocycles. The molecule has 2 aliphatic rings. The number of allylic oxidation sites excluding steroid dienone is 3. The minimum atomic E-state index is -0.649. The van der Waals surface area contributed by atoms with Crippen LogP contribution < -0.4 is 10.5 Å². The maximum Gasteiger partial charge on any atom is 0.205 e. The minimum absolute atomic E-state index is 0.0253. The number of ketones is 1. The summed E-state index contributed by atoms with van der Waals surface area (Å²) in [4.78, 5) is 13.2. The molecule has 164 valence electrons. The number of hydrogen-bond acceptors (Lipinski definition) is 5. The summed E-state index contributed by atoms with van der Waals surface area (Å²) in [6.07, 6.45) is 0.932. The number of halogens is 2. The number of carbonyl (C=O) groups is 1. The molecule has 0 unspecified atom stereocenters. The Kier molecular flexibility index (Phi) is 5.94. The molecule has 5 nitrogen and oxygen atoms in total. The van der Waals surface area contributed by atoms with Crippen LogP contribution in [-0.2, 0) is 16.1 Å². The zero-order valence-electron chi connectivity index (χ0n) is 17.7. The number of para-hydroxylation sites is 1. The van der Waals surface area contributed by atoms with Crippen molar-refractivity contribution in [2.75, 3.05) is 0 Å². The number of Topliss-reactive ketones (excluding diaryl/α,β-unsaturated/α-hetero) is 1. The quantitative estimate of drug-likeness (QED) is 0.592. The monoisotopic (exact) mass is 468 g/mol. The van der Waals surface area contributed by atoms with Crippen LogP contribution in [0, 0.1) is 16.7 Å². The molecule has 2 aromatic rings. The number of nitrogens with two attached hydrogens (primary N) is 1. The predicted octanol–water partition coefficient (Wildman–Crippen LogP) is 6.02. The van der Waals surface area contributed by atoms with Gasteiger partial charge in [0.25, 0.3) is 0 Å². The highest BCUT2D eigenvalue weighted by atomic mass is 35.5. The lowest BCUT2D eigenvalue weighted by molar-refractivity contribution is -0.119. The first kappa shape index (κ1) is 22.3. The molecule has 0 aromatic heterocycles. The van der Waals surface area contributed by atoms with Crippen LogP contribution in [0.5, 0.6) is 5.75 Å². The molecule has 0 fully saturated rings. The summed E-state index contributed by atoms with van der Waals surface area (Å²) in [5.41, 5.74) is 8.02. The second-order valence-electron chi connectivity index (χ2n) is 8.76. The van der Waals surface area contributed by atoms with Crippen molar-refractivity contribution in [1.82, 2.24) is 0 Å². The Labute approximate surface area is 197 Å². The van der Waals surface area contributed by atoms with Gasteiger partial charge in [0.1, 0.15) is 29.8 Å². The number of nitriles is 1. The Hall–Kier alpha value is -2.94. The van der Waals surface area contributed by atoms with Crippen LogP contribution in [0.25, 0.3) is 0 Å². The van der Waals surface area contributed by atoms with E-state index >= 15 is 0 Å². The number of hydrogen-bond donors (Lipinski definition) is 1. The number of nitrogens with zero attached hydrogens (tertiary/aromatic N) is 1. The third-order valence-electron chi connectivity index (χ3n) is 5.70. The van der Waals surface area contributed by atoms with Gasteiger partial charge in [-0.2, -0.15) is 5.26 Å². The van der Waals surface area contributed by atoms with E-state index in [2.05, 4.69) is 6.07 Å². The highest BCUT2D eigenvalue weighted by molar-refractivity contribution is 6.35. The smallest absolute Gasteiger partial charge is 0.205 e. The summed E-state index contributed by atoms with van der Waals surface area (Å²) in [5.74, 6) is 0.400. The van der Waals surface area contributed by atoms with E-state index in [0.717, 1.165) is 5.56 Å². The fraction of sp³-hybridized carbons (Fsp3) is 0.280. The summed E-state index contributed by atoms with van der Waals surface area (Å²) in [6.45, 7) is 4.23. The lowest BCUT2D eigenvalue weighted by Crippen LogP contribution is -2.33. The third-order valence-corrected chi connectivity index (χ3v) is 6.29. The first-order chi connectivity index (χ1) is 15.2. The van der Waals surface area contributed by atoms with Gasteiger partial charge in [0.05, 0.1) is 5.92 Å². The van der Waals surface area contributed by atoms with Crippen molar-refractivity contribution in [2.24, 2.45) is 11.1 Å². The summed E-state index contributed by atoms with van der Waals surface area (Å²) in [5, 5.41) is 10.9. The van der Waals surface area contributed by atoms with Crippen molar-refractivity contribution in [3.8, 4) is 11.8 Å². The number of ether oxygens (including phenoxy) is 2. The van der Waals surface area contributed by atoms with Gasteiger partial charge in [-0.25, -0.2) is 0 Å². The Balaban J connectivity index is 1.76. The molecule has 32 heavy (non-hydrogen) atoms. The van der Waals surface area contributed by atoms with Gasteiger partial charge in [-0.15, -0.1) is 0 Å². The normalized spacial score (nSPS) is 19.8. The van der Waals surface area contributed by atoms with Crippen molar-refractivity contribution in [2.45, 2.75) is 39.2 Å². The largest absolute Gasteiger partial charge is 0.489 e. The van der Waals surface area contributed by atoms with Crippen LogP contribution in [-0.4, -0.2) is 5.78 Å².